The van der Waals surface area contributed by atoms with Crippen molar-refractivity contribution in [1.82, 2.24) is 5.32 Å². The van der Waals surface area contributed by atoms with Gasteiger partial charge in [-0.3, -0.25) is 0 Å². The molecule has 0 fully saturated rings. The molecule has 0 aliphatic carbocycles. The molecule has 0 heterocycles. The summed E-state index contributed by atoms with van der Waals surface area (Å²) >= 11 is 1.88. The SMILES string of the molecule is CSCCCCNCC(O)COc1ccccc1C. The van der Waals surface area contributed by atoms with Crippen LogP contribution in [0.25, 0.3) is 0 Å². The number of para-hydroxylation sites is 1. The Bertz CT molecular complexity index is 347. The lowest BCUT2D eigenvalue weighted by Gasteiger charge is -2.14. The van der Waals surface area contributed by atoms with Gasteiger partial charge in [0.2, 0.25) is 0 Å². The molecule has 0 aromatic heterocycles. The van der Waals surface area contributed by atoms with Crippen molar-refractivity contribution in [2.45, 2.75) is 25.9 Å². The van der Waals surface area contributed by atoms with Crippen LogP contribution in [0.1, 0.15) is 18.4 Å². The largest absolute Gasteiger partial charge is 0.491 e. The number of thioether (sulfide) groups is 1. The van der Waals surface area contributed by atoms with Crippen molar-refractivity contribution in [3.63, 3.8) is 0 Å². The zero-order chi connectivity index (χ0) is 13.9. The van der Waals surface area contributed by atoms with Crippen LogP contribution in [0.5, 0.6) is 5.75 Å². The predicted molar refractivity (Wildman–Crippen MR) is 83.2 cm³/mol. The van der Waals surface area contributed by atoms with Gasteiger partial charge in [-0.15, -0.1) is 0 Å². The van der Waals surface area contributed by atoms with Crippen LogP contribution in [0.15, 0.2) is 24.3 Å². The van der Waals surface area contributed by atoms with Crippen molar-refractivity contribution in [3.05, 3.63) is 29.8 Å². The van der Waals surface area contributed by atoms with Crippen molar-refractivity contribution in [1.29, 1.82) is 0 Å². The minimum absolute atomic E-state index is 0.336. The van der Waals surface area contributed by atoms with E-state index in [9.17, 15) is 5.11 Å². The average Bonchev–Trinajstić information content (AvgIpc) is 2.42. The third-order valence-electron chi connectivity index (χ3n) is 2.86. The van der Waals surface area contributed by atoms with Gasteiger partial charge in [-0.25, -0.2) is 0 Å². The van der Waals surface area contributed by atoms with Crippen LogP contribution in [-0.4, -0.2) is 42.9 Å². The number of hydrogen-bond acceptors (Lipinski definition) is 4. The Morgan fingerprint density at radius 3 is 2.84 bits per heavy atom. The van der Waals surface area contributed by atoms with Crippen LogP contribution in [0, 0.1) is 6.92 Å². The average molecular weight is 283 g/mol. The summed E-state index contributed by atoms with van der Waals surface area (Å²) in [5.74, 6) is 2.06. The van der Waals surface area contributed by atoms with Crippen molar-refractivity contribution in [3.8, 4) is 5.75 Å². The number of ether oxygens (including phenoxy) is 1. The monoisotopic (exact) mass is 283 g/mol. The molecule has 2 N–H and O–H groups in total. The third-order valence-corrected chi connectivity index (χ3v) is 3.55. The standard InChI is InChI=1S/C15H25NO2S/c1-13-7-3-4-8-15(13)18-12-14(17)11-16-9-5-6-10-19-2/h3-4,7-8,14,16-17H,5-6,9-12H2,1-2H3. The highest BCUT2D eigenvalue weighted by atomic mass is 32.2. The molecule has 1 unspecified atom stereocenters. The van der Waals surface area contributed by atoms with Gasteiger partial charge in [0.1, 0.15) is 18.5 Å². The Hall–Kier alpha value is -0.710. The van der Waals surface area contributed by atoms with E-state index in [1.165, 1.54) is 12.2 Å². The fourth-order valence-electron chi connectivity index (χ4n) is 1.73. The maximum absolute atomic E-state index is 9.81. The van der Waals surface area contributed by atoms with Crippen LogP contribution in [0.3, 0.4) is 0 Å². The summed E-state index contributed by atoms with van der Waals surface area (Å²) in [5, 5.41) is 13.1. The fraction of sp³-hybridized carbons (Fsp3) is 0.600. The van der Waals surface area contributed by atoms with E-state index in [1.807, 2.05) is 43.0 Å². The quantitative estimate of drug-likeness (QED) is 0.647. The van der Waals surface area contributed by atoms with E-state index < -0.39 is 6.10 Å². The number of aliphatic hydroxyl groups excluding tert-OH is 1. The van der Waals surface area contributed by atoms with Crippen LogP contribution in [0.4, 0.5) is 0 Å². The first-order valence-electron chi connectivity index (χ1n) is 6.80. The van der Waals surface area contributed by atoms with Gasteiger partial charge in [0.15, 0.2) is 0 Å². The highest BCUT2D eigenvalue weighted by molar-refractivity contribution is 7.98. The Morgan fingerprint density at radius 1 is 1.32 bits per heavy atom. The zero-order valence-corrected chi connectivity index (χ0v) is 12.7. The molecule has 1 rings (SSSR count). The van der Waals surface area contributed by atoms with Crippen LogP contribution >= 0.6 is 11.8 Å². The fourth-order valence-corrected chi connectivity index (χ4v) is 2.22. The Kier molecular flexibility index (Phi) is 8.71. The first kappa shape index (κ1) is 16.3. The number of rotatable bonds is 10. The topological polar surface area (TPSA) is 41.5 Å². The molecule has 1 atom stereocenters. The van der Waals surface area contributed by atoms with Crippen molar-refractivity contribution < 1.29 is 9.84 Å². The molecule has 0 aliphatic heterocycles. The molecule has 0 amide bonds. The van der Waals surface area contributed by atoms with Crippen molar-refractivity contribution in [2.75, 3.05) is 31.7 Å². The number of benzene rings is 1. The number of unbranched alkanes of at least 4 members (excludes halogenated alkanes) is 1. The van der Waals surface area contributed by atoms with Crippen LogP contribution < -0.4 is 10.1 Å². The Morgan fingerprint density at radius 2 is 2.11 bits per heavy atom. The minimum atomic E-state index is -0.458. The van der Waals surface area contributed by atoms with Crippen LogP contribution in [-0.2, 0) is 0 Å². The number of hydrogen-bond donors (Lipinski definition) is 2. The normalized spacial score (nSPS) is 12.4. The number of aryl methyl sites for hydroxylation is 1. The smallest absolute Gasteiger partial charge is 0.122 e. The summed E-state index contributed by atoms with van der Waals surface area (Å²) in [6.45, 7) is 3.89. The minimum Gasteiger partial charge on any atom is -0.491 e. The van der Waals surface area contributed by atoms with Gasteiger partial charge >= 0.3 is 0 Å². The van der Waals surface area contributed by atoms with Gasteiger partial charge in [-0.1, -0.05) is 18.2 Å². The second kappa shape index (κ2) is 10.1. The van der Waals surface area contributed by atoms with Crippen molar-refractivity contribution >= 4 is 11.8 Å². The molecule has 1 aromatic carbocycles. The molecule has 19 heavy (non-hydrogen) atoms. The maximum atomic E-state index is 9.81. The molecule has 0 bridgehead atoms. The molecule has 108 valence electrons. The van der Waals surface area contributed by atoms with Gasteiger partial charge in [0.05, 0.1) is 0 Å². The van der Waals surface area contributed by atoms with Crippen molar-refractivity contribution in [2.24, 2.45) is 0 Å². The van der Waals surface area contributed by atoms with E-state index in [2.05, 4.69) is 11.6 Å². The Balaban J connectivity index is 2.08. The molecule has 0 saturated heterocycles. The molecule has 0 radical (unpaired) electrons. The maximum Gasteiger partial charge on any atom is 0.122 e. The lowest BCUT2D eigenvalue weighted by Crippen LogP contribution is -2.32. The summed E-state index contributed by atoms with van der Waals surface area (Å²) in [6.07, 6.45) is 4.05. The third kappa shape index (κ3) is 7.45. The van der Waals surface area contributed by atoms with Gasteiger partial charge in [0.25, 0.3) is 0 Å². The summed E-state index contributed by atoms with van der Waals surface area (Å²) < 4.78 is 5.60. The highest BCUT2D eigenvalue weighted by Gasteiger charge is 2.05. The Labute approximate surface area is 120 Å². The molecular formula is C15H25NO2S. The molecule has 0 spiro atoms. The summed E-state index contributed by atoms with van der Waals surface area (Å²) in [6, 6.07) is 7.86. The molecule has 1 aromatic rings. The van der Waals surface area contributed by atoms with Crippen LogP contribution in [0.2, 0.25) is 0 Å². The van der Waals surface area contributed by atoms with E-state index in [0.717, 1.165) is 24.3 Å². The molecular weight excluding hydrogens is 258 g/mol. The first-order valence-corrected chi connectivity index (χ1v) is 8.19. The molecule has 0 saturated carbocycles. The highest BCUT2D eigenvalue weighted by Crippen LogP contribution is 2.16. The van der Waals surface area contributed by atoms with E-state index in [-0.39, 0.29) is 0 Å². The van der Waals surface area contributed by atoms with E-state index >= 15 is 0 Å². The summed E-state index contributed by atoms with van der Waals surface area (Å²) in [4.78, 5) is 0. The number of nitrogens with one attached hydrogen (secondary N) is 1. The second-order valence-electron chi connectivity index (χ2n) is 4.63. The van der Waals surface area contributed by atoms with E-state index in [1.54, 1.807) is 0 Å². The molecule has 4 heteroatoms. The van der Waals surface area contributed by atoms with Gasteiger partial charge in [-0.05, 0) is 49.9 Å². The lowest BCUT2D eigenvalue weighted by molar-refractivity contribution is 0.106. The summed E-state index contributed by atoms with van der Waals surface area (Å²) in [5.41, 5.74) is 1.10. The van der Waals surface area contributed by atoms with Gasteiger partial charge < -0.3 is 15.2 Å². The predicted octanol–water partition coefficient (Wildman–Crippen LogP) is 2.47. The lowest BCUT2D eigenvalue weighted by atomic mass is 10.2. The van der Waals surface area contributed by atoms with Gasteiger partial charge in [0, 0.05) is 6.54 Å². The zero-order valence-electron chi connectivity index (χ0n) is 11.9. The van der Waals surface area contributed by atoms with E-state index in [0.29, 0.717) is 13.2 Å². The second-order valence-corrected chi connectivity index (χ2v) is 5.62. The first-order chi connectivity index (χ1) is 9.24. The number of aliphatic hydroxyl groups is 1. The van der Waals surface area contributed by atoms with Gasteiger partial charge in [-0.2, -0.15) is 11.8 Å². The molecule has 3 nitrogen and oxygen atoms in total. The molecule has 0 aliphatic rings. The van der Waals surface area contributed by atoms with E-state index in [4.69, 9.17) is 4.74 Å². The summed E-state index contributed by atoms with van der Waals surface area (Å²) in [7, 11) is 0.